The van der Waals surface area contributed by atoms with Gasteiger partial charge in [-0.15, -0.1) is 8.78 Å². The van der Waals surface area contributed by atoms with Gasteiger partial charge >= 0.3 is 11.2 Å². The lowest BCUT2D eigenvalue weighted by Gasteiger charge is -2.21. The zero-order valence-corrected chi connectivity index (χ0v) is 85.1. The van der Waals surface area contributed by atoms with Crippen molar-refractivity contribution >= 4 is 151 Å². The Bertz CT molecular complexity index is 4830. The van der Waals surface area contributed by atoms with Gasteiger partial charge in [0.25, 0.3) is 5.78 Å². The number of ether oxygens (including phenoxy) is 1. The molecule has 0 aromatic heterocycles. The van der Waals surface area contributed by atoms with Gasteiger partial charge in [-0.05, 0) is 232 Å². The van der Waals surface area contributed by atoms with Crippen LogP contribution in [0.3, 0.4) is 0 Å². The van der Waals surface area contributed by atoms with Crippen LogP contribution in [-0.4, -0.2) is 207 Å². The Morgan fingerprint density at radius 3 is 1.42 bits per heavy atom. The van der Waals surface area contributed by atoms with E-state index in [1.807, 2.05) is 158 Å². The molecule has 16 rings (SSSR count). The van der Waals surface area contributed by atoms with Crippen LogP contribution in [0.15, 0.2) is 265 Å². The molecule has 2 N–H and O–H groups in total. The summed E-state index contributed by atoms with van der Waals surface area (Å²) in [5.74, 6) is 20.7. The Morgan fingerprint density at radius 2 is 0.909 bits per heavy atom. The summed E-state index contributed by atoms with van der Waals surface area (Å²) in [4.78, 5) is 109. The van der Waals surface area contributed by atoms with Crippen LogP contribution in [0.25, 0.3) is 0 Å². The second-order valence-electron chi connectivity index (χ2n) is 34.1. The summed E-state index contributed by atoms with van der Waals surface area (Å²) < 4.78 is 32.1. The third-order valence-corrected chi connectivity index (χ3v) is 45.2. The highest BCUT2D eigenvalue weighted by atomic mass is 32.2. The number of aromatic hydroxyl groups is 1. The number of halogens is 2. The first-order valence-electron chi connectivity index (χ1n) is 46.7. The molecule has 5 atom stereocenters. The number of hydrogen-bond acceptors (Lipinski definition) is 13. The first-order chi connectivity index (χ1) is 63.9. The van der Waals surface area contributed by atoms with Crippen molar-refractivity contribution in [2.75, 3.05) is 129 Å². The number of phenols is 1. The number of esters is 1. The maximum absolute atomic E-state index is 13.9. The minimum Gasteiger partial charge on any atom is -0.508 e. The molecular weight excluding hydrogens is 1830 g/mol. The normalized spacial score (nSPS) is 18.2. The van der Waals surface area contributed by atoms with E-state index in [9.17, 15) is 51.9 Å². The summed E-state index contributed by atoms with van der Waals surface area (Å²) in [7, 11) is 2.20. The van der Waals surface area contributed by atoms with Crippen LogP contribution in [0.4, 0.5) is 8.78 Å². The third kappa shape index (κ3) is 37.1. The number of aliphatic hydroxyl groups excluding tert-OH is 1. The van der Waals surface area contributed by atoms with Crippen LogP contribution in [0, 0.1) is 5.92 Å². The van der Waals surface area contributed by atoms with Crippen molar-refractivity contribution in [3.05, 3.63) is 294 Å². The highest BCUT2D eigenvalue weighted by molar-refractivity contribution is 8.00. The molecule has 0 radical (unpaired) electrons. The Hall–Kier alpha value is -7.16. The molecule has 12 nitrogen and oxygen atoms in total. The third-order valence-electron chi connectivity index (χ3n) is 24.0. The minimum atomic E-state index is -3.17. The Kier molecular flexibility index (Phi) is 49.1. The molecule has 6 aliphatic heterocycles. The molecule has 6 heterocycles. The van der Waals surface area contributed by atoms with Gasteiger partial charge in [-0.2, -0.15) is 0 Å². The molecule has 0 bridgehead atoms. The summed E-state index contributed by atoms with van der Waals surface area (Å²) in [6, 6.07) is 71.5. The zero-order valence-electron chi connectivity index (χ0n) is 77.8. The van der Waals surface area contributed by atoms with E-state index in [0.29, 0.717) is 108 Å². The lowest BCUT2D eigenvalue weighted by atomic mass is 9.91. The number of benzene rings is 8. The summed E-state index contributed by atoms with van der Waals surface area (Å²) in [6.45, 7) is 6.52. The number of hydrogen-bond donors (Lipinski definition) is 2. The highest BCUT2D eigenvalue weighted by Gasteiger charge is 2.57. The second-order valence-corrected chi connectivity index (χ2v) is 54.7. The lowest BCUT2D eigenvalue weighted by Crippen LogP contribution is -2.41. The van der Waals surface area contributed by atoms with E-state index >= 15 is 0 Å². The van der Waals surface area contributed by atoms with Gasteiger partial charge in [-0.25, -0.2) is 0 Å². The molecule has 6 saturated heterocycles. The van der Waals surface area contributed by atoms with E-state index in [-0.39, 0.29) is 94.8 Å². The number of aliphatic hydroxyl groups is 1. The molecule has 132 heavy (non-hydrogen) atoms. The van der Waals surface area contributed by atoms with Crippen molar-refractivity contribution in [3.63, 3.8) is 0 Å². The predicted molar refractivity (Wildman–Crippen MR) is 566 cm³/mol. The number of carbonyl (C=O) groups excluding carboxylic acids is 9. The van der Waals surface area contributed by atoms with Gasteiger partial charge in [0.1, 0.15) is 97.8 Å². The summed E-state index contributed by atoms with van der Waals surface area (Å²) in [6.07, 6.45) is 30.6. The molecule has 8 aromatic rings. The average Bonchev–Trinajstić information content (AvgIpc) is 1.46. The number of Topliss-reactive ketones (excluding diaryl/α,β-unsaturated/α-hetero) is 6. The minimum absolute atomic E-state index is 0.0384. The molecule has 23 heteroatoms. The molecule has 706 valence electrons. The number of methoxy groups -OCH3 is 1. The number of phenolic OH excluding ortho intramolecular Hbond substituents is 1. The van der Waals surface area contributed by atoms with Gasteiger partial charge in [-0.1, -0.05) is 206 Å². The predicted octanol–water partition coefficient (Wildman–Crippen LogP) is 21.3. The van der Waals surface area contributed by atoms with Gasteiger partial charge in [0, 0.05) is 89.3 Å². The average molecular weight is 1970 g/mol. The molecule has 0 saturated carbocycles. The summed E-state index contributed by atoms with van der Waals surface area (Å²) >= 11 is 1.73. The van der Waals surface area contributed by atoms with Crippen molar-refractivity contribution in [3.8, 4) is 5.75 Å². The molecule has 5 unspecified atom stereocenters. The van der Waals surface area contributed by atoms with Gasteiger partial charge in [-0.3, -0.25) is 43.2 Å². The highest BCUT2D eigenvalue weighted by Crippen LogP contribution is 2.38. The van der Waals surface area contributed by atoms with Gasteiger partial charge < -0.3 is 14.9 Å². The Labute approximate surface area is 812 Å². The van der Waals surface area contributed by atoms with Gasteiger partial charge in [0.2, 0.25) is 39.9 Å². The van der Waals surface area contributed by atoms with Crippen molar-refractivity contribution in [1.29, 1.82) is 0 Å². The van der Waals surface area contributed by atoms with Crippen LogP contribution < -0.4 is 0 Å². The maximum atomic E-state index is 13.9. The van der Waals surface area contributed by atoms with E-state index in [4.69, 9.17) is 10.2 Å². The molecular formula is C109H138F2O12S9+8. The van der Waals surface area contributed by atoms with Crippen molar-refractivity contribution in [2.45, 2.75) is 167 Å². The fourth-order valence-electron chi connectivity index (χ4n) is 16.3. The van der Waals surface area contributed by atoms with Crippen LogP contribution in [0.2, 0.25) is 0 Å². The van der Waals surface area contributed by atoms with E-state index < -0.39 is 21.9 Å². The smallest absolute Gasteiger partial charge is 0.474 e. The largest absolute Gasteiger partial charge is 0.508 e. The van der Waals surface area contributed by atoms with E-state index in [2.05, 4.69) is 61.9 Å². The number of carbonyl (C=O) groups is 9. The summed E-state index contributed by atoms with van der Waals surface area (Å²) in [5, 5.41) is 15.3. The molecule has 6 fully saturated rings. The molecule has 0 amide bonds. The maximum Gasteiger partial charge on any atom is 0.474 e. The van der Waals surface area contributed by atoms with Crippen molar-refractivity contribution < 1.29 is 66.9 Å². The first kappa shape index (κ1) is 108. The monoisotopic (exact) mass is 1960 g/mol. The van der Waals surface area contributed by atoms with E-state index in [0.717, 1.165) is 84.3 Å². The van der Waals surface area contributed by atoms with Gasteiger partial charge in [0.05, 0.1) is 37.3 Å². The zero-order chi connectivity index (χ0) is 94.3. The number of allylic oxidation sites excluding steroid dienone is 4. The molecule has 2 aliphatic carbocycles. The van der Waals surface area contributed by atoms with Crippen LogP contribution >= 0.6 is 11.8 Å². The Morgan fingerprint density at radius 1 is 0.477 bits per heavy atom. The van der Waals surface area contributed by atoms with Crippen molar-refractivity contribution in [1.82, 2.24) is 0 Å². The standard InChI is InChI=1S/C20H23OS2.C18H19OS.C13H17O3S.C12H13F2OS.C12H14O2S.C12H17O2S.C12H19OS.C10H15OS/c1-20(2,23-14-6-7-15-23)19(21)16-10-12-18(13-11-16)22-17-8-4-3-5-9-17;19-17(15-9-3-1-4-10-15)18(20-13-7-8-14-20)16-11-5-2-6-12-16;1-16-13(15)8-9-17(2)10-12(14)11-6-4-3-5-7-11;13-12(14,16-8-4-5-9-16)11(15)10-6-2-1-3-7-10;13-11-5-3-10(4-6-11)12(14)9-15-7-1-2-8-15;1-2-15(9-8-13)10-12(14)11-6-4-3-5-7-11;13-12-6-2-1-5-11(12)7-10-14-8-3-4-9-14;11-9-5-1-2-6-10(9)12-7-3-4-8-12/h3-5,8-13H,6-7,14-15H2,1-2H3;1-6,9-12,18H,7-8,13-14H2;3-7H,8-10H2,1-2H3;1-3,6-7H,4-5,8-9H2;3-6H,1-2,7-9H2;3-7,13H,2,8-10H2,1H3;2,6,11H,1,3-5,7-10H2;1,5,10H,2-4,6-8H2/q4*+1;;3*+1/p+1. The quantitative estimate of drug-likeness (QED) is 0.0236. The SMILES string of the molecule is CC(C)(C(=O)c1ccc(Sc2ccccc2)cc1)[S+]1CCCC1.CC[S+](CCO)CC(=O)c1ccccc1.COC(=O)CC[S+](C)CC(=O)c1ccccc1.O=C(C[S+]1CCCC1)c1ccc(O)cc1.O=C(c1ccccc1)C(F)(F)[S+]1CCCC1.O=C(c1ccccc1)C(c1ccccc1)[S+]1CCCC1.O=C1C=CCCC1CC[S+]1CCCC1.O=C1C=CCCC1[S+]1CCCC1. The van der Waals surface area contributed by atoms with Gasteiger partial charge in [0.15, 0.2) is 33.0 Å². The van der Waals surface area contributed by atoms with E-state index in [1.54, 1.807) is 66.4 Å². The van der Waals surface area contributed by atoms with Crippen LogP contribution in [-0.2, 0) is 106 Å². The van der Waals surface area contributed by atoms with E-state index in [1.165, 1.54) is 162 Å². The molecule has 8 aromatic carbocycles. The van der Waals surface area contributed by atoms with Crippen molar-refractivity contribution in [2.24, 2.45) is 5.92 Å². The fourth-order valence-corrected chi connectivity index (χ4v) is 35.1. The molecule has 0 spiro atoms. The van der Waals surface area contributed by atoms with Crippen LogP contribution in [0.1, 0.15) is 209 Å². The fraction of sp³-hybridized carbons (Fsp3) is 0.440. The van der Waals surface area contributed by atoms with Crippen LogP contribution in [0.5, 0.6) is 5.75 Å². The topological polar surface area (TPSA) is 203 Å². The molecule has 8 aliphatic rings. The number of rotatable bonds is 31. The number of ketones is 8. The first-order valence-corrected chi connectivity index (χ1v) is 61.1. The summed E-state index contributed by atoms with van der Waals surface area (Å²) in [5.41, 5.74) is 5.25. The lowest BCUT2D eigenvalue weighted by molar-refractivity contribution is -0.140. The Balaban J connectivity index is 0.000000171. The number of alkyl halides is 2. The second kappa shape index (κ2) is 59.8.